The number of fused-ring (bicyclic) bond motifs is 2. The van der Waals surface area contributed by atoms with Crippen LogP contribution in [0.5, 0.6) is 0 Å². The van der Waals surface area contributed by atoms with Crippen LogP contribution in [0.1, 0.15) is 38.9 Å². The zero-order chi connectivity index (χ0) is 27.8. The Hall–Kier alpha value is -2.54. The first-order valence-corrected chi connectivity index (χ1v) is 11.7. The first-order valence-electron chi connectivity index (χ1n) is 10.6. The number of hydrogen-bond donors (Lipinski definition) is 1. The molecule has 0 atom stereocenters. The van der Waals surface area contributed by atoms with E-state index in [0.29, 0.717) is 39.1 Å². The molecule has 0 unspecified atom stereocenters. The molecule has 0 saturated heterocycles. The van der Waals surface area contributed by atoms with Gasteiger partial charge in [-0.1, -0.05) is 0 Å². The molecule has 2 heterocycles. The van der Waals surface area contributed by atoms with Crippen LogP contribution in [0.25, 0.3) is 0 Å². The fraction of sp³-hybridized carbons (Fsp3) is 0.391. The number of nitrogens with one attached hydrogen (secondary N) is 1. The van der Waals surface area contributed by atoms with Gasteiger partial charge < -0.3 is 10.2 Å². The van der Waals surface area contributed by atoms with Crippen molar-refractivity contribution in [3.63, 3.8) is 0 Å². The predicted molar refractivity (Wildman–Crippen MR) is 121 cm³/mol. The number of carbonyl (C=O) groups excluding carboxylic acids is 1. The van der Waals surface area contributed by atoms with Gasteiger partial charge in [-0.05, 0) is 88.5 Å². The Morgan fingerprint density at radius 1 is 0.892 bits per heavy atom. The number of nitriles is 1. The SMILES string of the molecule is N#Cc1cc(C(F)(F)F)cc2c1CCNC2.O=C(N1CCc2c(I)cc(C(F)(F)F)cc2C1)C(F)(F)F. The molecule has 0 fully saturated rings. The summed E-state index contributed by atoms with van der Waals surface area (Å²) in [4.78, 5) is 11.7. The number of carbonyl (C=O) groups is 1. The maximum atomic E-state index is 12.7. The van der Waals surface area contributed by atoms with Crippen LogP contribution < -0.4 is 5.32 Å². The molecule has 1 amide bonds. The first-order chi connectivity index (χ1) is 17.0. The summed E-state index contributed by atoms with van der Waals surface area (Å²) in [5.74, 6) is -2.03. The second-order valence-electron chi connectivity index (χ2n) is 8.27. The molecule has 0 aromatic heterocycles. The van der Waals surface area contributed by atoms with Crippen molar-refractivity contribution in [2.75, 3.05) is 13.1 Å². The van der Waals surface area contributed by atoms with Crippen LogP contribution in [0.15, 0.2) is 24.3 Å². The van der Waals surface area contributed by atoms with E-state index >= 15 is 0 Å². The number of alkyl halides is 9. The summed E-state index contributed by atoms with van der Waals surface area (Å²) in [5.41, 5.74) is 0.476. The van der Waals surface area contributed by atoms with E-state index in [-0.39, 0.29) is 24.1 Å². The van der Waals surface area contributed by atoms with Crippen LogP contribution in [0.2, 0.25) is 0 Å². The van der Waals surface area contributed by atoms with Crippen molar-refractivity contribution in [3.05, 3.63) is 66.8 Å². The molecule has 0 aliphatic carbocycles. The molecule has 37 heavy (non-hydrogen) atoms. The van der Waals surface area contributed by atoms with Gasteiger partial charge in [0.15, 0.2) is 0 Å². The molecule has 2 aromatic carbocycles. The molecule has 14 heteroatoms. The average molecular weight is 649 g/mol. The van der Waals surface area contributed by atoms with E-state index in [9.17, 15) is 44.3 Å². The zero-order valence-corrected chi connectivity index (χ0v) is 20.8. The summed E-state index contributed by atoms with van der Waals surface area (Å²) in [6, 6.07) is 5.67. The Morgan fingerprint density at radius 3 is 2.05 bits per heavy atom. The lowest BCUT2D eigenvalue weighted by Crippen LogP contribution is -2.44. The number of rotatable bonds is 0. The second-order valence-corrected chi connectivity index (χ2v) is 9.43. The predicted octanol–water partition coefficient (Wildman–Crippen LogP) is 5.98. The number of amides is 1. The molecule has 0 radical (unpaired) electrons. The minimum absolute atomic E-state index is 0.105. The van der Waals surface area contributed by atoms with Crippen LogP contribution >= 0.6 is 22.6 Å². The van der Waals surface area contributed by atoms with Crippen molar-refractivity contribution >= 4 is 28.5 Å². The fourth-order valence-electron chi connectivity index (χ4n) is 4.05. The van der Waals surface area contributed by atoms with Crippen molar-refractivity contribution in [2.24, 2.45) is 0 Å². The number of benzene rings is 2. The lowest BCUT2D eigenvalue weighted by molar-refractivity contribution is -0.186. The van der Waals surface area contributed by atoms with Crippen molar-refractivity contribution in [1.29, 1.82) is 5.26 Å². The van der Waals surface area contributed by atoms with Gasteiger partial charge in [0, 0.05) is 23.2 Å². The van der Waals surface area contributed by atoms with Gasteiger partial charge in [-0.2, -0.15) is 44.8 Å². The first kappa shape index (κ1) is 29.0. The standard InChI is InChI=1S/C12H8F6INO.C11H9F3N2/c13-11(14,15)7-3-6-5-20(10(21)12(16,17)18)2-1-8(6)9(19)4-7;12-11(13,14)9-3-7(5-15)10-1-2-16-6-8(10)4-9/h3-4H,1-2,5H2;3-4,16H,1-2,6H2. The summed E-state index contributed by atoms with van der Waals surface area (Å²) in [7, 11) is 0. The Bertz CT molecular complexity index is 1230. The summed E-state index contributed by atoms with van der Waals surface area (Å²) in [5, 5.41) is 11.8. The molecule has 0 spiro atoms. The molecule has 2 aromatic rings. The molecule has 200 valence electrons. The third kappa shape index (κ3) is 6.86. The summed E-state index contributed by atoms with van der Waals surface area (Å²) in [6.07, 6.45) is -13.3. The highest BCUT2D eigenvalue weighted by molar-refractivity contribution is 14.1. The van der Waals surface area contributed by atoms with E-state index in [1.807, 2.05) is 6.07 Å². The van der Waals surface area contributed by atoms with Crippen LogP contribution in [-0.4, -0.2) is 30.1 Å². The summed E-state index contributed by atoms with van der Waals surface area (Å²) in [6.45, 7) is 0.473. The van der Waals surface area contributed by atoms with E-state index in [1.165, 1.54) is 0 Å². The van der Waals surface area contributed by atoms with Gasteiger partial charge in [0.25, 0.3) is 0 Å². The van der Waals surface area contributed by atoms with Gasteiger partial charge in [-0.15, -0.1) is 0 Å². The van der Waals surface area contributed by atoms with Crippen LogP contribution in [0, 0.1) is 14.9 Å². The molecule has 0 bridgehead atoms. The van der Waals surface area contributed by atoms with Crippen LogP contribution in [-0.2, 0) is 43.1 Å². The molecule has 2 aliphatic heterocycles. The van der Waals surface area contributed by atoms with E-state index in [1.54, 1.807) is 22.6 Å². The minimum Gasteiger partial charge on any atom is -0.330 e. The van der Waals surface area contributed by atoms with Gasteiger partial charge in [0.05, 0.1) is 22.8 Å². The topological polar surface area (TPSA) is 56.1 Å². The van der Waals surface area contributed by atoms with Crippen molar-refractivity contribution < 1.29 is 44.3 Å². The van der Waals surface area contributed by atoms with Crippen LogP contribution in [0.4, 0.5) is 39.5 Å². The molecule has 1 N–H and O–H groups in total. The van der Waals surface area contributed by atoms with Crippen molar-refractivity contribution in [1.82, 2.24) is 10.2 Å². The highest BCUT2D eigenvalue weighted by atomic mass is 127. The molecular formula is C23H17F9IN3O. The number of hydrogen-bond acceptors (Lipinski definition) is 3. The van der Waals surface area contributed by atoms with Crippen LogP contribution in [0.3, 0.4) is 0 Å². The third-order valence-electron chi connectivity index (χ3n) is 5.80. The summed E-state index contributed by atoms with van der Waals surface area (Å²) < 4.78 is 113. The van der Waals surface area contributed by atoms with E-state index in [0.717, 1.165) is 29.8 Å². The smallest absolute Gasteiger partial charge is 0.330 e. The molecule has 2 aliphatic rings. The monoisotopic (exact) mass is 649 g/mol. The maximum Gasteiger partial charge on any atom is 0.471 e. The van der Waals surface area contributed by atoms with Crippen molar-refractivity contribution in [3.8, 4) is 6.07 Å². The van der Waals surface area contributed by atoms with E-state index < -0.39 is 42.1 Å². The average Bonchev–Trinajstić information content (AvgIpc) is 2.81. The molecule has 4 rings (SSSR count). The van der Waals surface area contributed by atoms with E-state index in [2.05, 4.69) is 5.32 Å². The largest absolute Gasteiger partial charge is 0.471 e. The highest BCUT2D eigenvalue weighted by Gasteiger charge is 2.43. The Morgan fingerprint density at radius 2 is 1.49 bits per heavy atom. The molecular weight excluding hydrogens is 632 g/mol. The number of halogens is 10. The second kappa shape index (κ2) is 10.7. The maximum absolute atomic E-state index is 12.7. The van der Waals surface area contributed by atoms with Crippen molar-refractivity contribution in [2.45, 2.75) is 44.5 Å². The fourth-order valence-corrected chi connectivity index (χ4v) is 5.00. The quantitative estimate of drug-likeness (QED) is 0.283. The van der Waals surface area contributed by atoms with E-state index in [4.69, 9.17) is 5.26 Å². The van der Waals surface area contributed by atoms with Gasteiger partial charge in [0.2, 0.25) is 0 Å². The molecule has 0 saturated carbocycles. The van der Waals surface area contributed by atoms with Gasteiger partial charge in [-0.25, -0.2) is 0 Å². The number of nitrogens with zero attached hydrogens (tertiary/aromatic N) is 2. The van der Waals surface area contributed by atoms with Gasteiger partial charge in [-0.3, -0.25) is 4.79 Å². The third-order valence-corrected chi connectivity index (χ3v) is 6.76. The Balaban J connectivity index is 0.000000213. The Kier molecular flexibility index (Phi) is 8.38. The van der Waals surface area contributed by atoms with Gasteiger partial charge in [0.1, 0.15) is 0 Å². The lowest BCUT2D eigenvalue weighted by atomic mass is 9.93. The van der Waals surface area contributed by atoms with Gasteiger partial charge >= 0.3 is 24.4 Å². The minimum atomic E-state index is -5.02. The lowest BCUT2D eigenvalue weighted by Gasteiger charge is -2.30. The Labute approximate surface area is 218 Å². The zero-order valence-electron chi connectivity index (χ0n) is 18.6. The highest BCUT2D eigenvalue weighted by Crippen LogP contribution is 2.36. The molecule has 4 nitrogen and oxygen atoms in total. The summed E-state index contributed by atoms with van der Waals surface area (Å²) >= 11 is 1.72. The normalized spacial score (nSPS) is 15.6.